The molecule has 0 fully saturated rings. The average Bonchev–Trinajstić information content (AvgIpc) is 2.61. The molecule has 0 bridgehead atoms. The SMILES string of the molecule is COCCNc1ccc(C(=O)NC(C)c2cccc(Cl)c2)cc1[N+](=O)[O-]. The standard InChI is InChI=1S/C18H20ClN3O4/c1-12(13-4-3-5-15(19)10-13)21-18(23)14-6-7-16(20-8-9-26-2)17(11-14)22(24)25/h3-7,10-12,20H,8-9H2,1-2H3,(H,21,23). The van der Waals surface area contributed by atoms with Crippen LogP contribution in [0.4, 0.5) is 11.4 Å². The van der Waals surface area contributed by atoms with Crippen molar-refractivity contribution in [2.75, 3.05) is 25.6 Å². The van der Waals surface area contributed by atoms with Gasteiger partial charge < -0.3 is 15.4 Å². The topological polar surface area (TPSA) is 93.5 Å². The molecule has 1 atom stereocenters. The van der Waals surface area contributed by atoms with E-state index in [1.165, 1.54) is 12.1 Å². The Kier molecular flexibility index (Phi) is 6.94. The lowest BCUT2D eigenvalue weighted by Crippen LogP contribution is -2.26. The average molecular weight is 378 g/mol. The molecule has 0 aliphatic heterocycles. The third-order valence-electron chi connectivity index (χ3n) is 3.77. The lowest BCUT2D eigenvalue weighted by atomic mass is 10.1. The Balaban J connectivity index is 2.15. The van der Waals surface area contributed by atoms with E-state index in [1.807, 2.05) is 13.0 Å². The van der Waals surface area contributed by atoms with Crippen LogP contribution >= 0.6 is 11.6 Å². The van der Waals surface area contributed by atoms with Crippen molar-refractivity contribution in [2.24, 2.45) is 0 Å². The molecule has 138 valence electrons. The van der Waals surface area contributed by atoms with Crippen LogP contribution in [0.2, 0.25) is 5.02 Å². The van der Waals surface area contributed by atoms with Gasteiger partial charge in [0.05, 0.1) is 17.6 Å². The second-order valence-corrected chi connectivity index (χ2v) is 6.10. The predicted molar refractivity (Wildman–Crippen MR) is 101 cm³/mol. The molecule has 2 rings (SSSR count). The van der Waals surface area contributed by atoms with Crippen LogP contribution < -0.4 is 10.6 Å². The van der Waals surface area contributed by atoms with E-state index in [-0.39, 0.29) is 17.3 Å². The minimum absolute atomic E-state index is 0.163. The molecule has 0 saturated carbocycles. The molecule has 0 aliphatic rings. The summed E-state index contributed by atoms with van der Waals surface area (Å²) in [5.74, 6) is -0.399. The highest BCUT2D eigenvalue weighted by Crippen LogP contribution is 2.26. The van der Waals surface area contributed by atoms with Crippen molar-refractivity contribution in [3.05, 3.63) is 68.7 Å². The van der Waals surface area contributed by atoms with Gasteiger partial charge in [-0.2, -0.15) is 0 Å². The van der Waals surface area contributed by atoms with Crippen LogP contribution in [0.25, 0.3) is 0 Å². The zero-order chi connectivity index (χ0) is 19.1. The Bertz CT molecular complexity index is 798. The fraction of sp³-hybridized carbons (Fsp3) is 0.278. The number of methoxy groups -OCH3 is 1. The fourth-order valence-electron chi connectivity index (χ4n) is 2.40. The van der Waals surface area contributed by atoms with Crippen molar-refractivity contribution >= 4 is 28.9 Å². The summed E-state index contributed by atoms with van der Waals surface area (Å²) >= 11 is 5.96. The number of hydrogen-bond acceptors (Lipinski definition) is 5. The van der Waals surface area contributed by atoms with Crippen molar-refractivity contribution < 1.29 is 14.5 Å². The molecule has 0 saturated heterocycles. The van der Waals surface area contributed by atoms with Gasteiger partial charge in [0.1, 0.15) is 5.69 Å². The minimum Gasteiger partial charge on any atom is -0.383 e. The van der Waals surface area contributed by atoms with Crippen molar-refractivity contribution in [1.29, 1.82) is 0 Å². The molecule has 0 spiro atoms. The van der Waals surface area contributed by atoms with Gasteiger partial charge in [-0.05, 0) is 36.8 Å². The van der Waals surface area contributed by atoms with Crippen molar-refractivity contribution in [1.82, 2.24) is 5.32 Å². The molecule has 2 aromatic carbocycles. The second-order valence-electron chi connectivity index (χ2n) is 5.66. The van der Waals surface area contributed by atoms with Crippen molar-refractivity contribution in [2.45, 2.75) is 13.0 Å². The number of hydrogen-bond donors (Lipinski definition) is 2. The molecule has 2 aromatic rings. The Morgan fingerprint density at radius 2 is 2.08 bits per heavy atom. The maximum absolute atomic E-state index is 12.5. The van der Waals surface area contributed by atoms with E-state index in [9.17, 15) is 14.9 Å². The summed E-state index contributed by atoms with van der Waals surface area (Å²) in [6.07, 6.45) is 0. The summed E-state index contributed by atoms with van der Waals surface area (Å²) < 4.78 is 4.91. The van der Waals surface area contributed by atoms with Crippen LogP contribution in [0.3, 0.4) is 0 Å². The summed E-state index contributed by atoms with van der Waals surface area (Å²) in [4.78, 5) is 23.2. The number of nitrogens with zero attached hydrogens (tertiary/aromatic N) is 1. The lowest BCUT2D eigenvalue weighted by Gasteiger charge is -2.15. The number of ether oxygens (including phenoxy) is 1. The highest BCUT2D eigenvalue weighted by molar-refractivity contribution is 6.30. The number of carbonyl (C=O) groups excluding carboxylic acids is 1. The van der Waals surface area contributed by atoms with Crippen LogP contribution in [0, 0.1) is 10.1 Å². The van der Waals surface area contributed by atoms with Gasteiger partial charge in [-0.1, -0.05) is 23.7 Å². The fourth-order valence-corrected chi connectivity index (χ4v) is 2.60. The molecule has 7 nitrogen and oxygen atoms in total. The van der Waals surface area contributed by atoms with Gasteiger partial charge in [0, 0.05) is 30.3 Å². The number of amides is 1. The zero-order valence-electron chi connectivity index (χ0n) is 14.5. The smallest absolute Gasteiger partial charge is 0.293 e. The first-order valence-electron chi connectivity index (χ1n) is 8.00. The Morgan fingerprint density at radius 3 is 2.73 bits per heavy atom. The first kappa shape index (κ1) is 19.7. The first-order valence-corrected chi connectivity index (χ1v) is 8.37. The predicted octanol–water partition coefficient (Wildman–Crippen LogP) is 3.80. The van der Waals surface area contributed by atoms with E-state index in [2.05, 4.69) is 10.6 Å². The summed E-state index contributed by atoms with van der Waals surface area (Å²) in [5, 5.41) is 17.6. The number of anilines is 1. The maximum Gasteiger partial charge on any atom is 0.293 e. The lowest BCUT2D eigenvalue weighted by molar-refractivity contribution is -0.384. The van der Waals surface area contributed by atoms with E-state index < -0.39 is 10.8 Å². The van der Waals surface area contributed by atoms with Crippen molar-refractivity contribution in [3.8, 4) is 0 Å². The van der Waals surface area contributed by atoms with E-state index in [1.54, 1.807) is 31.4 Å². The largest absolute Gasteiger partial charge is 0.383 e. The number of nitrogens with one attached hydrogen (secondary N) is 2. The number of nitro groups is 1. The summed E-state index contributed by atoms with van der Waals surface area (Å²) in [6, 6.07) is 11.2. The van der Waals surface area contributed by atoms with Crippen LogP contribution in [0.1, 0.15) is 28.9 Å². The summed E-state index contributed by atoms with van der Waals surface area (Å²) in [5.41, 5.74) is 1.23. The molecular formula is C18H20ClN3O4. The van der Waals surface area contributed by atoms with Crippen LogP contribution in [0.5, 0.6) is 0 Å². The first-order chi connectivity index (χ1) is 12.4. The zero-order valence-corrected chi connectivity index (χ0v) is 15.2. The van der Waals surface area contributed by atoms with Gasteiger partial charge in [-0.15, -0.1) is 0 Å². The van der Waals surface area contributed by atoms with Gasteiger partial charge in [-0.25, -0.2) is 0 Å². The van der Waals surface area contributed by atoms with E-state index in [4.69, 9.17) is 16.3 Å². The van der Waals surface area contributed by atoms with Crippen LogP contribution in [-0.2, 0) is 4.74 Å². The number of carbonyl (C=O) groups is 1. The second kappa shape index (κ2) is 9.17. The normalized spacial score (nSPS) is 11.7. The van der Waals surface area contributed by atoms with Crippen LogP contribution in [0.15, 0.2) is 42.5 Å². The molecule has 0 radical (unpaired) electrons. The number of nitro benzene ring substituents is 1. The van der Waals surface area contributed by atoms with E-state index in [0.717, 1.165) is 5.56 Å². The third kappa shape index (κ3) is 5.18. The Morgan fingerprint density at radius 1 is 1.31 bits per heavy atom. The van der Waals surface area contributed by atoms with Gasteiger partial charge >= 0.3 is 0 Å². The highest BCUT2D eigenvalue weighted by Gasteiger charge is 2.19. The molecule has 1 unspecified atom stereocenters. The molecule has 26 heavy (non-hydrogen) atoms. The minimum atomic E-state index is -0.522. The van der Waals surface area contributed by atoms with Crippen LogP contribution in [-0.4, -0.2) is 31.1 Å². The third-order valence-corrected chi connectivity index (χ3v) is 4.01. The quantitative estimate of drug-likeness (QED) is 0.414. The molecular weight excluding hydrogens is 358 g/mol. The molecule has 0 aliphatic carbocycles. The monoisotopic (exact) mass is 377 g/mol. The highest BCUT2D eigenvalue weighted by atomic mass is 35.5. The van der Waals surface area contributed by atoms with E-state index >= 15 is 0 Å². The molecule has 8 heteroatoms. The molecule has 0 aromatic heterocycles. The van der Waals surface area contributed by atoms with Gasteiger partial charge in [0.25, 0.3) is 11.6 Å². The summed E-state index contributed by atoms with van der Waals surface area (Å²) in [6.45, 7) is 2.66. The number of rotatable bonds is 8. The number of halogens is 1. The molecule has 1 amide bonds. The van der Waals surface area contributed by atoms with E-state index in [0.29, 0.717) is 23.9 Å². The maximum atomic E-state index is 12.5. The molecule has 0 heterocycles. The number of benzene rings is 2. The van der Waals surface area contributed by atoms with Crippen molar-refractivity contribution in [3.63, 3.8) is 0 Å². The summed E-state index contributed by atoms with van der Waals surface area (Å²) in [7, 11) is 1.55. The van der Waals surface area contributed by atoms with Gasteiger partial charge in [0.2, 0.25) is 0 Å². The van der Waals surface area contributed by atoms with Gasteiger partial charge in [0.15, 0.2) is 0 Å². The molecule has 2 N–H and O–H groups in total. The Hall–Kier alpha value is -2.64. The van der Waals surface area contributed by atoms with Gasteiger partial charge in [-0.3, -0.25) is 14.9 Å². The Labute approximate surface area is 156 Å².